The number of ether oxygens (including phenoxy) is 1. The van der Waals surface area contributed by atoms with Gasteiger partial charge in [0, 0.05) is 37.7 Å². The van der Waals surface area contributed by atoms with E-state index in [1.807, 2.05) is 23.9 Å². The quantitative estimate of drug-likeness (QED) is 0.873. The fraction of sp³-hybridized carbons (Fsp3) is 0.357. The lowest BCUT2D eigenvalue weighted by Crippen LogP contribution is -2.23. The fourth-order valence-electron chi connectivity index (χ4n) is 2.56. The second kappa shape index (κ2) is 4.46. The average molecular weight is 243 g/mol. The van der Waals surface area contributed by atoms with E-state index in [0.717, 1.165) is 30.8 Å². The van der Waals surface area contributed by atoms with Crippen LogP contribution >= 0.6 is 0 Å². The lowest BCUT2D eigenvalue weighted by molar-refractivity contribution is 0.415. The smallest absolute Gasteiger partial charge is 0.119 e. The molecule has 0 fully saturated rings. The summed E-state index contributed by atoms with van der Waals surface area (Å²) in [6, 6.07) is 8.15. The molecule has 0 saturated carbocycles. The number of nitrogens with zero attached hydrogens (tertiary/aromatic N) is 2. The number of benzene rings is 1. The summed E-state index contributed by atoms with van der Waals surface area (Å²) < 4.78 is 7.27. The Kier molecular flexibility index (Phi) is 2.80. The summed E-state index contributed by atoms with van der Waals surface area (Å²) in [6.07, 6.45) is 1.01. The van der Waals surface area contributed by atoms with Crippen LogP contribution in [0.4, 0.5) is 0 Å². The number of hydrogen-bond acceptors (Lipinski definition) is 3. The molecule has 0 unspecified atom stereocenters. The zero-order chi connectivity index (χ0) is 12.5. The molecule has 3 rings (SSSR count). The molecule has 94 valence electrons. The third kappa shape index (κ3) is 1.78. The van der Waals surface area contributed by atoms with E-state index in [1.165, 1.54) is 17.0 Å². The summed E-state index contributed by atoms with van der Waals surface area (Å²) in [5.74, 6) is 0.881. The second-order valence-corrected chi connectivity index (χ2v) is 4.56. The minimum atomic E-state index is 0.881. The van der Waals surface area contributed by atoms with Crippen molar-refractivity contribution >= 4 is 0 Å². The van der Waals surface area contributed by atoms with Gasteiger partial charge in [-0.05, 0) is 12.1 Å². The van der Waals surface area contributed by atoms with Gasteiger partial charge >= 0.3 is 0 Å². The molecule has 1 aliphatic heterocycles. The number of nitrogens with one attached hydrogen (secondary N) is 1. The molecule has 0 spiro atoms. The predicted molar refractivity (Wildman–Crippen MR) is 70.6 cm³/mol. The molecule has 1 aliphatic rings. The van der Waals surface area contributed by atoms with Crippen molar-refractivity contribution in [2.45, 2.75) is 13.0 Å². The second-order valence-electron chi connectivity index (χ2n) is 4.56. The minimum absolute atomic E-state index is 0.881. The van der Waals surface area contributed by atoms with E-state index in [4.69, 9.17) is 4.74 Å². The number of aryl methyl sites for hydroxylation is 1. The van der Waals surface area contributed by atoms with Crippen molar-refractivity contribution in [3.63, 3.8) is 0 Å². The van der Waals surface area contributed by atoms with Crippen LogP contribution in [0.5, 0.6) is 5.75 Å². The monoisotopic (exact) mass is 243 g/mol. The maximum atomic E-state index is 5.29. The molecule has 1 aromatic carbocycles. The molecule has 1 aromatic heterocycles. The van der Waals surface area contributed by atoms with Crippen LogP contribution < -0.4 is 10.1 Å². The molecule has 4 nitrogen and oxygen atoms in total. The Morgan fingerprint density at radius 3 is 3.11 bits per heavy atom. The van der Waals surface area contributed by atoms with Crippen molar-refractivity contribution < 1.29 is 4.74 Å². The summed E-state index contributed by atoms with van der Waals surface area (Å²) in [5.41, 5.74) is 4.89. The Labute approximate surface area is 107 Å². The van der Waals surface area contributed by atoms with Crippen molar-refractivity contribution in [2.24, 2.45) is 7.05 Å². The van der Waals surface area contributed by atoms with Crippen LogP contribution in [0.2, 0.25) is 0 Å². The van der Waals surface area contributed by atoms with Gasteiger partial charge in [0.2, 0.25) is 0 Å². The summed E-state index contributed by atoms with van der Waals surface area (Å²) >= 11 is 0. The molecule has 0 amide bonds. The van der Waals surface area contributed by atoms with Gasteiger partial charge in [0.15, 0.2) is 0 Å². The van der Waals surface area contributed by atoms with Gasteiger partial charge in [0.25, 0.3) is 0 Å². The Bertz CT molecular complexity index is 574. The molecule has 2 heterocycles. The lowest BCUT2D eigenvalue weighted by Gasteiger charge is -2.13. The molecule has 2 aromatic rings. The first-order valence-corrected chi connectivity index (χ1v) is 6.19. The first-order chi connectivity index (χ1) is 8.79. The van der Waals surface area contributed by atoms with Gasteiger partial charge in [0.1, 0.15) is 5.75 Å². The van der Waals surface area contributed by atoms with Crippen molar-refractivity contribution in [2.75, 3.05) is 13.7 Å². The van der Waals surface area contributed by atoms with Gasteiger partial charge in [-0.15, -0.1) is 0 Å². The first kappa shape index (κ1) is 11.3. The highest BCUT2D eigenvalue weighted by molar-refractivity contribution is 5.66. The summed E-state index contributed by atoms with van der Waals surface area (Å²) in [5, 5.41) is 8.03. The van der Waals surface area contributed by atoms with Crippen LogP contribution in [0.3, 0.4) is 0 Å². The molecular formula is C14H17N3O. The summed E-state index contributed by atoms with van der Waals surface area (Å²) in [4.78, 5) is 0. The van der Waals surface area contributed by atoms with Crippen molar-refractivity contribution in [3.8, 4) is 17.0 Å². The molecule has 4 heteroatoms. The third-order valence-electron chi connectivity index (χ3n) is 3.41. The predicted octanol–water partition coefficient (Wildman–Crippen LogP) is 1.74. The van der Waals surface area contributed by atoms with Crippen molar-refractivity contribution in [1.29, 1.82) is 0 Å². The lowest BCUT2D eigenvalue weighted by atomic mass is 10.0. The maximum Gasteiger partial charge on any atom is 0.119 e. The van der Waals surface area contributed by atoms with Gasteiger partial charge in [0.05, 0.1) is 18.5 Å². The van der Waals surface area contributed by atoms with E-state index < -0.39 is 0 Å². The van der Waals surface area contributed by atoms with Crippen LogP contribution in [0, 0.1) is 0 Å². The van der Waals surface area contributed by atoms with Gasteiger partial charge < -0.3 is 10.1 Å². The van der Waals surface area contributed by atoms with E-state index in [9.17, 15) is 0 Å². The summed E-state index contributed by atoms with van der Waals surface area (Å²) in [6.45, 7) is 1.91. The van der Waals surface area contributed by atoms with E-state index in [2.05, 4.69) is 22.5 Å². The van der Waals surface area contributed by atoms with Crippen LogP contribution in [0.25, 0.3) is 11.3 Å². The topological polar surface area (TPSA) is 39.1 Å². The Morgan fingerprint density at radius 2 is 2.28 bits per heavy atom. The minimum Gasteiger partial charge on any atom is -0.497 e. The molecule has 0 radical (unpaired) electrons. The highest BCUT2D eigenvalue weighted by atomic mass is 16.5. The zero-order valence-corrected chi connectivity index (χ0v) is 10.7. The maximum absolute atomic E-state index is 5.29. The SMILES string of the molecule is COc1cccc(-c2c3c(nn2C)CCNC3)c1. The number of aromatic nitrogens is 2. The molecule has 0 saturated heterocycles. The molecular weight excluding hydrogens is 226 g/mol. The fourth-order valence-corrected chi connectivity index (χ4v) is 2.56. The number of rotatable bonds is 2. The number of fused-ring (bicyclic) bond motifs is 1. The normalized spacial score (nSPS) is 14.3. The Morgan fingerprint density at radius 1 is 1.39 bits per heavy atom. The first-order valence-electron chi connectivity index (χ1n) is 6.19. The van der Waals surface area contributed by atoms with Crippen LogP contribution in [0.15, 0.2) is 24.3 Å². The van der Waals surface area contributed by atoms with Crippen LogP contribution in [0.1, 0.15) is 11.3 Å². The van der Waals surface area contributed by atoms with E-state index in [-0.39, 0.29) is 0 Å². The Balaban J connectivity index is 2.13. The van der Waals surface area contributed by atoms with Crippen LogP contribution in [-0.4, -0.2) is 23.4 Å². The van der Waals surface area contributed by atoms with Crippen LogP contribution in [-0.2, 0) is 20.0 Å². The van der Waals surface area contributed by atoms with E-state index in [0.29, 0.717) is 0 Å². The summed E-state index contributed by atoms with van der Waals surface area (Å²) in [7, 11) is 3.70. The third-order valence-corrected chi connectivity index (χ3v) is 3.41. The number of methoxy groups -OCH3 is 1. The zero-order valence-electron chi connectivity index (χ0n) is 10.7. The molecule has 1 N–H and O–H groups in total. The standard InChI is InChI=1S/C14H17N3O/c1-17-14(10-4-3-5-11(8-10)18-2)12-9-15-7-6-13(12)16-17/h3-5,8,15H,6-7,9H2,1-2H3. The molecule has 0 bridgehead atoms. The highest BCUT2D eigenvalue weighted by Gasteiger charge is 2.20. The average Bonchev–Trinajstić information content (AvgIpc) is 2.74. The molecule has 0 aliphatic carbocycles. The van der Waals surface area contributed by atoms with Crippen molar-refractivity contribution in [1.82, 2.24) is 15.1 Å². The Hall–Kier alpha value is -1.81. The van der Waals surface area contributed by atoms with E-state index >= 15 is 0 Å². The van der Waals surface area contributed by atoms with E-state index in [1.54, 1.807) is 7.11 Å². The van der Waals surface area contributed by atoms with Crippen molar-refractivity contribution in [3.05, 3.63) is 35.5 Å². The van der Waals surface area contributed by atoms with Gasteiger partial charge in [-0.3, -0.25) is 4.68 Å². The number of hydrogen-bond donors (Lipinski definition) is 1. The van der Waals surface area contributed by atoms with Gasteiger partial charge in [-0.25, -0.2) is 0 Å². The van der Waals surface area contributed by atoms with Gasteiger partial charge in [-0.2, -0.15) is 5.10 Å². The molecule has 0 atom stereocenters. The highest BCUT2D eigenvalue weighted by Crippen LogP contribution is 2.29. The molecule has 18 heavy (non-hydrogen) atoms. The largest absolute Gasteiger partial charge is 0.497 e. The van der Waals surface area contributed by atoms with Gasteiger partial charge in [-0.1, -0.05) is 12.1 Å².